The van der Waals surface area contributed by atoms with Crippen molar-refractivity contribution in [2.24, 2.45) is 10.7 Å². The average Bonchev–Trinajstić information content (AvgIpc) is 2.36. The number of ether oxygens (including phenoxy) is 2. The third kappa shape index (κ3) is 7.52. The quantitative estimate of drug-likeness (QED) is 0.496. The number of nitrogens with one attached hydrogen (secondary N) is 1. The lowest BCUT2D eigenvalue weighted by atomic mass is 10.2. The number of nitrogens with zero attached hydrogens (tertiary/aromatic N) is 1. The summed E-state index contributed by atoms with van der Waals surface area (Å²) in [5.74, 6) is 0.520. The van der Waals surface area contributed by atoms with E-state index in [1.807, 2.05) is 38.1 Å². The van der Waals surface area contributed by atoms with Crippen LogP contribution in [0.5, 0.6) is 5.75 Å². The van der Waals surface area contributed by atoms with Crippen molar-refractivity contribution in [1.29, 1.82) is 0 Å². The molecule has 22 heavy (non-hydrogen) atoms. The van der Waals surface area contributed by atoms with E-state index in [0.29, 0.717) is 0 Å². The van der Waals surface area contributed by atoms with E-state index >= 15 is 0 Å². The minimum absolute atomic E-state index is 0.120. The van der Waals surface area contributed by atoms with Crippen molar-refractivity contribution in [2.45, 2.75) is 46.3 Å². The number of aliphatic imine (C=N–C) groups is 1. The number of carbonyl (C=O) groups is 1. The van der Waals surface area contributed by atoms with Gasteiger partial charge in [0.25, 0.3) is 0 Å². The topological polar surface area (TPSA) is 85.9 Å². The second kappa shape index (κ2) is 7.68. The highest BCUT2D eigenvalue weighted by atomic mass is 16.6. The van der Waals surface area contributed by atoms with E-state index in [-0.39, 0.29) is 18.6 Å². The first-order chi connectivity index (χ1) is 10.2. The number of hydrogen-bond donors (Lipinski definition) is 2. The smallest absolute Gasteiger partial charge is 0.328 e. The maximum atomic E-state index is 11.5. The molecule has 0 saturated heterocycles. The van der Waals surface area contributed by atoms with Crippen molar-refractivity contribution < 1.29 is 14.3 Å². The van der Waals surface area contributed by atoms with Gasteiger partial charge in [-0.2, -0.15) is 0 Å². The fourth-order valence-corrected chi connectivity index (χ4v) is 1.60. The summed E-state index contributed by atoms with van der Waals surface area (Å²) in [6.45, 7) is 9.22. The first-order valence-electron chi connectivity index (χ1n) is 7.21. The van der Waals surface area contributed by atoms with Crippen LogP contribution in [0.4, 0.5) is 5.69 Å². The molecular weight excluding hydrogens is 282 g/mol. The van der Waals surface area contributed by atoms with Gasteiger partial charge in [0.05, 0.1) is 6.10 Å². The molecule has 0 radical (unpaired) electrons. The van der Waals surface area contributed by atoms with Crippen LogP contribution in [0, 0.1) is 0 Å². The molecule has 6 nitrogen and oxygen atoms in total. The maximum Gasteiger partial charge on any atom is 0.328 e. The molecule has 0 saturated carbocycles. The number of benzene rings is 1. The number of anilines is 1. The van der Waals surface area contributed by atoms with E-state index in [2.05, 4.69) is 10.3 Å². The molecule has 0 aliphatic rings. The van der Waals surface area contributed by atoms with E-state index < -0.39 is 11.6 Å². The van der Waals surface area contributed by atoms with Gasteiger partial charge in [-0.05, 0) is 58.9 Å². The maximum absolute atomic E-state index is 11.5. The van der Waals surface area contributed by atoms with Gasteiger partial charge >= 0.3 is 5.97 Å². The molecule has 1 aromatic carbocycles. The second-order valence-corrected chi connectivity index (χ2v) is 6.10. The standard InChI is InChI=1S/C16H25N3O3/c1-11(2)21-13-8-6-12(7-9-13)19-15(17)18-10-14(20)22-16(3,4)5/h6-9,11H,10H2,1-5H3,(H3,17,18,19). The molecule has 0 heterocycles. The average molecular weight is 307 g/mol. The molecule has 0 aliphatic heterocycles. The van der Waals surface area contributed by atoms with Crippen molar-refractivity contribution in [1.82, 2.24) is 0 Å². The molecule has 1 aromatic rings. The Morgan fingerprint density at radius 1 is 1.27 bits per heavy atom. The molecule has 6 heteroatoms. The minimum atomic E-state index is -0.527. The zero-order valence-corrected chi connectivity index (χ0v) is 13.8. The molecule has 0 aliphatic carbocycles. The number of nitrogens with two attached hydrogens (primary N) is 1. The highest BCUT2D eigenvalue weighted by Gasteiger charge is 2.15. The van der Waals surface area contributed by atoms with Gasteiger partial charge in [-0.1, -0.05) is 0 Å². The van der Waals surface area contributed by atoms with E-state index in [4.69, 9.17) is 15.2 Å². The van der Waals surface area contributed by atoms with Gasteiger partial charge in [0.15, 0.2) is 5.96 Å². The summed E-state index contributed by atoms with van der Waals surface area (Å²) in [5, 5.41) is 2.91. The molecule has 0 unspecified atom stereocenters. The second-order valence-electron chi connectivity index (χ2n) is 6.10. The Kier molecular flexibility index (Phi) is 6.22. The van der Waals surface area contributed by atoms with Crippen molar-refractivity contribution >= 4 is 17.6 Å². The molecule has 0 aromatic heterocycles. The van der Waals surface area contributed by atoms with E-state index in [1.165, 1.54) is 0 Å². The third-order valence-corrected chi connectivity index (χ3v) is 2.30. The first kappa shape index (κ1) is 17.8. The number of carbonyl (C=O) groups excluding carboxylic acids is 1. The van der Waals surface area contributed by atoms with Crippen LogP contribution in [-0.2, 0) is 9.53 Å². The van der Waals surface area contributed by atoms with Crippen LogP contribution in [0.3, 0.4) is 0 Å². The Labute approximate surface area is 131 Å². The highest BCUT2D eigenvalue weighted by molar-refractivity contribution is 5.93. The predicted molar refractivity (Wildman–Crippen MR) is 88.2 cm³/mol. The fraction of sp³-hybridized carbons (Fsp3) is 0.500. The lowest BCUT2D eigenvalue weighted by Crippen LogP contribution is -2.28. The van der Waals surface area contributed by atoms with E-state index in [1.54, 1.807) is 20.8 Å². The number of rotatable bonds is 5. The van der Waals surface area contributed by atoms with Gasteiger partial charge in [0, 0.05) is 5.69 Å². The van der Waals surface area contributed by atoms with E-state index in [0.717, 1.165) is 11.4 Å². The molecule has 0 fully saturated rings. The van der Waals surface area contributed by atoms with Crippen LogP contribution in [0.15, 0.2) is 29.3 Å². The zero-order valence-electron chi connectivity index (χ0n) is 13.8. The lowest BCUT2D eigenvalue weighted by molar-refractivity contribution is -0.152. The van der Waals surface area contributed by atoms with Crippen LogP contribution in [0.25, 0.3) is 0 Å². The fourth-order valence-electron chi connectivity index (χ4n) is 1.60. The summed E-state index contributed by atoms with van der Waals surface area (Å²) >= 11 is 0. The lowest BCUT2D eigenvalue weighted by Gasteiger charge is -2.18. The van der Waals surface area contributed by atoms with Crippen LogP contribution in [0.2, 0.25) is 0 Å². The van der Waals surface area contributed by atoms with Crippen LogP contribution < -0.4 is 15.8 Å². The monoisotopic (exact) mass is 307 g/mol. The van der Waals surface area contributed by atoms with Crippen LogP contribution in [0.1, 0.15) is 34.6 Å². The Bertz CT molecular complexity index is 516. The SMILES string of the molecule is CC(C)Oc1ccc(NC(N)=NCC(=O)OC(C)(C)C)cc1. The summed E-state index contributed by atoms with van der Waals surface area (Å²) in [4.78, 5) is 15.5. The van der Waals surface area contributed by atoms with Gasteiger partial charge in [-0.3, -0.25) is 4.79 Å². The first-order valence-corrected chi connectivity index (χ1v) is 7.21. The summed E-state index contributed by atoms with van der Waals surface area (Å²) in [5.41, 5.74) is 5.97. The number of guanidine groups is 1. The zero-order chi connectivity index (χ0) is 16.8. The molecule has 0 bridgehead atoms. The molecule has 0 atom stereocenters. The van der Waals surface area contributed by atoms with Crippen molar-refractivity contribution in [3.05, 3.63) is 24.3 Å². The van der Waals surface area contributed by atoms with Gasteiger partial charge in [0.1, 0.15) is 17.9 Å². The molecule has 0 amide bonds. The molecule has 0 spiro atoms. The summed E-state index contributed by atoms with van der Waals surface area (Å²) in [7, 11) is 0. The van der Waals surface area contributed by atoms with Gasteiger partial charge < -0.3 is 20.5 Å². The highest BCUT2D eigenvalue weighted by Crippen LogP contribution is 2.16. The number of hydrogen-bond acceptors (Lipinski definition) is 4. The molecular formula is C16H25N3O3. The Morgan fingerprint density at radius 2 is 1.86 bits per heavy atom. The minimum Gasteiger partial charge on any atom is -0.491 e. The van der Waals surface area contributed by atoms with Gasteiger partial charge in [-0.25, -0.2) is 4.99 Å². The summed E-state index contributed by atoms with van der Waals surface area (Å²) in [6, 6.07) is 7.33. The molecule has 1 rings (SSSR count). The summed E-state index contributed by atoms with van der Waals surface area (Å²) in [6.07, 6.45) is 0.124. The Hall–Kier alpha value is -2.24. The van der Waals surface area contributed by atoms with Gasteiger partial charge in [-0.15, -0.1) is 0 Å². The van der Waals surface area contributed by atoms with Crippen molar-refractivity contribution in [3.63, 3.8) is 0 Å². The van der Waals surface area contributed by atoms with E-state index in [9.17, 15) is 4.79 Å². The third-order valence-electron chi connectivity index (χ3n) is 2.30. The molecule has 3 N–H and O–H groups in total. The van der Waals surface area contributed by atoms with Gasteiger partial charge in [0.2, 0.25) is 0 Å². The largest absolute Gasteiger partial charge is 0.491 e. The van der Waals surface area contributed by atoms with Crippen molar-refractivity contribution in [2.75, 3.05) is 11.9 Å². The normalized spacial score (nSPS) is 12.2. The van der Waals surface area contributed by atoms with Crippen LogP contribution in [-0.4, -0.2) is 30.2 Å². The summed E-state index contributed by atoms with van der Waals surface area (Å²) < 4.78 is 10.7. The molecule has 122 valence electrons. The Morgan fingerprint density at radius 3 is 2.36 bits per heavy atom. The number of esters is 1. The Balaban J connectivity index is 2.52. The van der Waals surface area contributed by atoms with Crippen LogP contribution >= 0.6 is 0 Å². The predicted octanol–water partition coefficient (Wildman–Crippen LogP) is 2.54. The van der Waals surface area contributed by atoms with Crippen molar-refractivity contribution in [3.8, 4) is 5.75 Å².